The molecule has 1 aromatic heterocycles. The lowest BCUT2D eigenvalue weighted by molar-refractivity contribution is 0.0501. The van der Waals surface area contributed by atoms with Crippen LogP contribution < -0.4 is 5.32 Å². The third-order valence-corrected chi connectivity index (χ3v) is 1.85. The average molecular weight is 169 g/mol. The van der Waals surface area contributed by atoms with Gasteiger partial charge in [-0.3, -0.25) is 0 Å². The summed E-state index contributed by atoms with van der Waals surface area (Å²) in [7, 11) is 0. The third kappa shape index (κ3) is 1.77. The van der Waals surface area contributed by atoms with Crippen molar-refractivity contribution in [3.63, 3.8) is 0 Å². The molecule has 1 aliphatic rings. The van der Waals surface area contributed by atoms with Crippen molar-refractivity contribution in [2.75, 3.05) is 13.1 Å². The Bertz CT molecular complexity index is 218. The van der Waals surface area contributed by atoms with E-state index in [0.717, 1.165) is 19.5 Å². The van der Waals surface area contributed by atoms with Gasteiger partial charge in [-0.1, -0.05) is 5.21 Å². The maximum absolute atomic E-state index is 5.50. The first-order valence-corrected chi connectivity index (χ1v) is 4.00. The van der Waals surface area contributed by atoms with Crippen molar-refractivity contribution in [1.29, 1.82) is 0 Å². The molecule has 0 saturated carbocycles. The molecular formula is C6H11N5O. The van der Waals surface area contributed by atoms with Gasteiger partial charge in [-0.05, 0) is 13.0 Å². The molecule has 1 unspecified atom stereocenters. The molecule has 6 nitrogen and oxygen atoms in total. The van der Waals surface area contributed by atoms with Crippen LogP contribution in [0.2, 0.25) is 0 Å². The molecule has 1 fully saturated rings. The van der Waals surface area contributed by atoms with E-state index in [9.17, 15) is 0 Å². The standard InChI is InChI=1S/C6H11N5O/c1-2-7-3-5(1)12-4-6-8-10-11-9-6/h5,7H,1-4H2,(H,8,9,10,11). The second-order valence-electron chi connectivity index (χ2n) is 2.75. The molecule has 0 aromatic carbocycles. The maximum atomic E-state index is 5.50. The molecule has 2 rings (SSSR count). The Morgan fingerprint density at radius 3 is 3.25 bits per heavy atom. The highest BCUT2D eigenvalue weighted by molar-refractivity contribution is 4.75. The number of H-pyrrole nitrogens is 1. The van der Waals surface area contributed by atoms with Crippen molar-refractivity contribution in [1.82, 2.24) is 25.9 Å². The van der Waals surface area contributed by atoms with Gasteiger partial charge in [0.25, 0.3) is 0 Å². The smallest absolute Gasteiger partial charge is 0.200 e. The summed E-state index contributed by atoms with van der Waals surface area (Å²) in [6.45, 7) is 2.41. The minimum absolute atomic E-state index is 0.309. The van der Waals surface area contributed by atoms with E-state index < -0.39 is 0 Å². The molecule has 0 radical (unpaired) electrons. The largest absolute Gasteiger partial charge is 0.369 e. The Balaban J connectivity index is 1.74. The number of nitrogens with zero attached hydrogens (tertiary/aromatic N) is 3. The lowest BCUT2D eigenvalue weighted by atomic mass is 10.3. The summed E-state index contributed by atoms with van der Waals surface area (Å²) in [5, 5.41) is 16.6. The first kappa shape index (κ1) is 7.63. The summed E-state index contributed by atoms with van der Waals surface area (Å²) in [5.41, 5.74) is 0. The van der Waals surface area contributed by atoms with Crippen molar-refractivity contribution in [3.05, 3.63) is 5.82 Å². The zero-order valence-corrected chi connectivity index (χ0v) is 6.66. The monoisotopic (exact) mass is 169 g/mol. The molecule has 66 valence electrons. The second kappa shape index (κ2) is 3.59. The molecule has 0 spiro atoms. The molecule has 0 amide bonds. The Labute approximate surface area is 69.7 Å². The topological polar surface area (TPSA) is 75.7 Å². The molecule has 1 aromatic rings. The minimum atomic E-state index is 0.309. The van der Waals surface area contributed by atoms with Gasteiger partial charge in [0.2, 0.25) is 0 Å². The van der Waals surface area contributed by atoms with Crippen LogP contribution >= 0.6 is 0 Å². The SMILES string of the molecule is C1CC(OCc2nn[nH]n2)CN1. The van der Waals surface area contributed by atoms with Crippen LogP contribution in [0.4, 0.5) is 0 Å². The van der Waals surface area contributed by atoms with E-state index in [0.29, 0.717) is 18.5 Å². The van der Waals surface area contributed by atoms with Crippen LogP contribution in [0.25, 0.3) is 0 Å². The van der Waals surface area contributed by atoms with Crippen LogP contribution in [0.1, 0.15) is 12.2 Å². The number of tetrazole rings is 1. The van der Waals surface area contributed by atoms with Crippen molar-refractivity contribution in [3.8, 4) is 0 Å². The van der Waals surface area contributed by atoms with Crippen molar-refractivity contribution >= 4 is 0 Å². The first-order valence-electron chi connectivity index (χ1n) is 4.00. The van der Waals surface area contributed by atoms with Gasteiger partial charge in [0, 0.05) is 6.54 Å². The number of hydrogen-bond acceptors (Lipinski definition) is 5. The predicted octanol–water partition coefficient (Wildman–Crippen LogP) is -0.922. The predicted molar refractivity (Wildman–Crippen MR) is 40.2 cm³/mol. The van der Waals surface area contributed by atoms with E-state index in [1.54, 1.807) is 0 Å². The van der Waals surface area contributed by atoms with Crippen LogP contribution in [-0.2, 0) is 11.3 Å². The van der Waals surface area contributed by atoms with E-state index in [1.165, 1.54) is 0 Å². The second-order valence-corrected chi connectivity index (χ2v) is 2.75. The molecule has 1 saturated heterocycles. The molecule has 6 heteroatoms. The molecule has 2 N–H and O–H groups in total. The number of hydrogen-bond donors (Lipinski definition) is 2. The lowest BCUT2D eigenvalue weighted by Gasteiger charge is -2.06. The highest BCUT2D eigenvalue weighted by Crippen LogP contribution is 2.04. The Kier molecular flexibility index (Phi) is 2.28. The van der Waals surface area contributed by atoms with E-state index in [4.69, 9.17) is 4.74 Å². The highest BCUT2D eigenvalue weighted by Gasteiger charge is 2.15. The lowest BCUT2D eigenvalue weighted by Crippen LogP contribution is -2.16. The summed E-state index contributed by atoms with van der Waals surface area (Å²) in [6, 6.07) is 0. The summed E-state index contributed by atoms with van der Waals surface area (Å²) in [5.74, 6) is 0.613. The normalized spacial score (nSPS) is 23.2. The van der Waals surface area contributed by atoms with Crippen LogP contribution in [0.3, 0.4) is 0 Å². The summed E-state index contributed by atoms with van der Waals surface area (Å²) in [4.78, 5) is 0. The zero-order chi connectivity index (χ0) is 8.23. The van der Waals surface area contributed by atoms with E-state index in [2.05, 4.69) is 25.9 Å². The van der Waals surface area contributed by atoms with Gasteiger partial charge in [-0.2, -0.15) is 5.21 Å². The molecule has 2 heterocycles. The maximum Gasteiger partial charge on any atom is 0.200 e. The number of aromatic amines is 1. The van der Waals surface area contributed by atoms with Crippen LogP contribution in [-0.4, -0.2) is 39.8 Å². The summed E-state index contributed by atoms with van der Waals surface area (Å²) in [6.07, 6.45) is 1.38. The van der Waals surface area contributed by atoms with Crippen LogP contribution in [0.5, 0.6) is 0 Å². The average Bonchev–Trinajstić information content (AvgIpc) is 2.74. The van der Waals surface area contributed by atoms with Crippen LogP contribution in [0.15, 0.2) is 0 Å². The molecule has 12 heavy (non-hydrogen) atoms. The fourth-order valence-electron chi connectivity index (χ4n) is 1.21. The number of ether oxygens (including phenoxy) is 1. The van der Waals surface area contributed by atoms with E-state index in [-0.39, 0.29) is 0 Å². The van der Waals surface area contributed by atoms with Gasteiger partial charge in [-0.25, -0.2) is 0 Å². The van der Waals surface area contributed by atoms with E-state index >= 15 is 0 Å². The zero-order valence-electron chi connectivity index (χ0n) is 6.66. The highest BCUT2D eigenvalue weighted by atomic mass is 16.5. The van der Waals surface area contributed by atoms with Crippen molar-refractivity contribution in [2.45, 2.75) is 19.1 Å². The first-order chi connectivity index (χ1) is 5.95. The number of nitrogens with one attached hydrogen (secondary N) is 2. The van der Waals surface area contributed by atoms with Crippen LogP contribution in [0, 0.1) is 0 Å². The summed E-state index contributed by atoms with van der Waals surface area (Å²) >= 11 is 0. The quantitative estimate of drug-likeness (QED) is 0.612. The molecular weight excluding hydrogens is 158 g/mol. The van der Waals surface area contributed by atoms with Gasteiger partial charge in [-0.15, -0.1) is 10.2 Å². The van der Waals surface area contributed by atoms with Gasteiger partial charge in [0.15, 0.2) is 5.82 Å². The number of rotatable bonds is 3. The third-order valence-electron chi connectivity index (χ3n) is 1.85. The van der Waals surface area contributed by atoms with Gasteiger partial charge >= 0.3 is 0 Å². The van der Waals surface area contributed by atoms with Gasteiger partial charge in [0.1, 0.15) is 6.61 Å². The Hall–Kier alpha value is -1.01. The molecule has 0 aliphatic carbocycles. The van der Waals surface area contributed by atoms with Gasteiger partial charge in [0.05, 0.1) is 6.10 Å². The minimum Gasteiger partial charge on any atom is -0.369 e. The fourth-order valence-corrected chi connectivity index (χ4v) is 1.21. The van der Waals surface area contributed by atoms with E-state index in [1.807, 2.05) is 0 Å². The fraction of sp³-hybridized carbons (Fsp3) is 0.833. The molecule has 0 bridgehead atoms. The number of aromatic nitrogens is 4. The van der Waals surface area contributed by atoms with Crippen molar-refractivity contribution < 1.29 is 4.74 Å². The molecule has 1 atom stereocenters. The van der Waals surface area contributed by atoms with Crippen molar-refractivity contribution in [2.24, 2.45) is 0 Å². The Morgan fingerprint density at radius 1 is 1.58 bits per heavy atom. The van der Waals surface area contributed by atoms with Gasteiger partial charge < -0.3 is 10.1 Å². The molecule has 1 aliphatic heterocycles. The summed E-state index contributed by atoms with van der Waals surface area (Å²) < 4.78 is 5.50. The Morgan fingerprint density at radius 2 is 2.58 bits per heavy atom.